The Morgan fingerprint density at radius 1 is 1.35 bits per heavy atom. The SMILES string of the molecule is CCNCCC(=O)Nc1cccc(C(C)C)c1. The molecule has 3 heteroatoms. The van der Waals surface area contributed by atoms with Gasteiger partial charge in [-0.1, -0.05) is 32.9 Å². The molecule has 0 saturated heterocycles. The number of carbonyl (C=O) groups excluding carboxylic acids is 1. The standard InChI is InChI=1S/C14H22N2O/c1-4-15-9-8-14(17)16-13-7-5-6-12(10-13)11(2)3/h5-7,10-11,15H,4,8-9H2,1-3H3,(H,16,17). The molecule has 0 radical (unpaired) electrons. The lowest BCUT2D eigenvalue weighted by Gasteiger charge is -2.09. The first-order valence-electron chi connectivity index (χ1n) is 6.24. The zero-order valence-electron chi connectivity index (χ0n) is 10.9. The van der Waals surface area contributed by atoms with Gasteiger partial charge in [0.05, 0.1) is 0 Å². The van der Waals surface area contributed by atoms with E-state index in [4.69, 9.17) is 0 Å². The van der Waals surface area contributed by atoms with E-state index in [9.17, 15) is 4.79 Å². The van der Waals surface area contributed by atoms with Crippen LogP contribution in [0.15, 0.2) is 24.3 Å². The molecule has 1 aromatic rings. The molecule has 0 aliphatic heterocycles. The minimum absolute atomic E-state index is 0.0619. The predicted molar refractivity (Wildman–Crippen MR) is 72.3 cm³/mol. The lowest BCUT2D eigenvalue weighted by molar-refractivity contribution is -0.116. The van der Waals surface area contributed by atoms with Crippen molar-refractivity contribution < 1.29 is 4.79 Å². The summed E-state index contributed by atoms with van der Waals surface area (Å²) < 4.78 is 0. The minimum atomic E-state index is 0.0619. The largest absolute Gasteiger partial charge is 0.326 e. The van der Waals surface area contributed by atoms with Gasteiger partial charge in [0.2, 0.25) is 5.91 Å². The third kappa shape index (κ3) is 5.00. The molecule has 0 fully saturated rings. The fraction of sp³-hybridized carbons (Fsp3) is 0.500. The molecular formula is C14H22N2O. The van der Waals surface area contributed by atoms with Crippen LogP contribution in [0.25, 0.3) is 0 Å². The Morgan fingerprint density at radius 3 is 2.76 bits per heavy atom. The third-order valence-electron chi connectivity index (χ3n) is 2.62. The van der Waals surface area contributed by atoms with Crippen LogP contribution >= 0.6 is 0 Å². The molecule has 1 aromatic carbocycles. The highest BCUT2D eigenvalue weighted by atomic mass is 16.1. The van der Waals surface area contributed by atoms with E-state index in [-0.39, 0.29) is 5.91 Å². The van der Waals surface area contributed by atoms with Crippen LogP contribution in [0.2, 0.25) is 0 Å². The summed E-state index contributed by atoms with van der Waals surface area (Å²) in [7, 11) is 0. The van der Waals surface area contributed by atoms with Crippen LogP contribution < -0.4 is 10.6 Å². The van der Waals surface area contributed by atoms with Crippen LogP contribution in [-0.2, 0) is 4.79 Å². The first-order valence-corrected chi connectivity index (χ1v) is 6.24. The van der Waals surface area contributed by atoms with Crippen LogP contribution in [-0.4, -0.2) is 19.0 Å². The Bertz CT molecular complexity index is 361. The number of hydrogen-bond acceptors (Lipinski definition) is 2. The average molecular weight is 234 g/mol. The Morgan fingerprint density at radius 2 is 2.12 bits per heavy atom. The highest BCUT2D eigenvalue weighted by molar-refractivity contribution is 5.90. The van der Waals surface area contributed by atoms with E-state index < -0.39 is 0 Å². The van der Waals surface area contributed by atoms with Gasteiger partial charge in [0.25, 0.3) is 0 Å². The zero-order chi connectivity index (χ0) is 12.7. The van der Waals surface area contributed by atoms with Gasteiger partial charge < -0.3 is 10.6 Å². The molecule has 0 heterocycles. The summed E-state index contributed by atoms with van der Waals surface area (Å²) in [5.74, 6) is 0.542. The van der Waals surface area contributed by atoms with E-state index in [0.717, 1.165) is 18.8 Å². The molecule has 3 nitrogen and oxygen atoms in total. The van der Waals surface area contributed by atoms with Crippen LogP contribution in [0.5, 0.6) is 0 Å². The smallest absolute Gasteiger partial charge is 0.225 e. The van der Waals surface area contributed by atoms with Gasteiger partial charge in [-0.25, -0.2) is 0 Å². The van der Waals surface area contributed by atoms with Crippen LogP contribution in [0.4, 0.5) is 5.69 Å². The monoisotopic (exact) mass is 234 g/mol. The van der Waals surface area contributed by atoms with Crippen molar-refractivity contribution in [3.8, 4) is 0 Å². The second kappa shape index (κ2) is 7.07. The van der Waals surface area contributed by atoms with Crippen molar-refractivity contribution in [3.05, 3.63) is 29.8 Å². The molecule has 0 atom stereocenters. The Balaban J connectivity index is 2.50. The summed E-state index contributed by atoms with van der Waals surface area (Å²) in [5.41, 5.74) is 2.13. The fourth-order valence-corrected chi connectivity index (χ4v) is 1.58. The number of amides is 1. The van der Waals surface area contributed by atoms with E-state index in [0.29, 0.717) is 12.3 Å². The average Bonchev–Trinajstić information content (AvgIpc) is 2.29. The van der Waals surface area contributed by atoms with Gasteiger partial charge in [-0.2, -0.15) is 0 Å². The highest BCUT2D eigenvalue weighted by Crippen LogP contribution is 2.18. The van der Waals surface area contributed by atoms with Crippen LogP contribution in [0, 0.1) is 0 Å². The van der Waals surface area contributed by atoms with E-state index in [1.807, 2.05) is 25.1 Å². The summed E-state index contributed by atoms with van der Waals surface area (Å²) in [6, 6.07) is 8.03. The molecule has 0 spiro atoms. The summed E-state index contributed by atoms with van der Waals surface area (Å²) in [6.07, 6.45) is 0.514. The van der Waals surface area contributed by atoms with Crippen LogP contribution in [0.3, 0.4) is 0 Å². The lowest BCUT2D eigenvalue weighted by atomic mass is 10.0. The topological polar surface area (TPSA) is 41.1 Å². The minimum Gasteiger partial charge on any atom is -0.326 e. The Labute approximate surface area is 104 Å². The molecular weight excluding hydrogens is 212 g/mol. The van der Waals surface area contributed by atoms with E-state index in [2.05, 4.69) is 30.5 Å². The van der Waals surface area contributed by atoms with Crippen molar-refractivity contribution in [1.29, 1.82) is 0 Å². The molecule has 2 N–H and O–H groups in total. The van der Waals surface area contributed by atoms with Gasteiger partial charge in [0.15, 0.2) is 0 Å². The van der Waals surface area contributed by atoms with Crippen LogP contribution in [0.1, 0.15) is 38.7 Å². The lowest BCUT2D eigenvalue weighted by Crippen LogP contribution is -2.21. The number of rotatable bonds is 6. The first-order chi connectivity index (χ1) is 8.13. The normalized spacial score (nSPS) is 10.6. The van der Waals surface area contributed by atoms with Gasteiger partial charge in [0.1, 0.15) is 0 Å². The summed E-state index contributed by atoms with van der Waals surface area (Å²) in [6.45, 7) is 7.95. The third-order valence-corrected chi connectivity index (χ3v) is 2.62. The van der Waals surface area contributed by atoms with Crippen molar-refractivity contribution >= 4 is 11.6 Å². The van der Waals surface area contributed by atoms with Crippen molar-refractivity contribution in [3.63, 3.8) is 0 Å². The maximum Gasteiger partial charge on any atom is 0.225 e. The summed E-state index contributed by atoms with van der Waals surface area (Å²) >= 11 is 0. The molecule has 0 aliphatic rings. The van der Waals surface area contributed by atoms with E-state index >= 15 is 0 Å². The summed E-state index contributed by atoms with van der Waals surface area (Å²) in [4.78, 5) is 11.6. The second-order valence-electron chi connectivity index (χ2n) is 4.43. The number of anilines is 1. The first kappa shape index (κ1) is 13.7. The Hall–Kier alpha value is -1.35. The van der Waals surface area contributed by atoms with Crippen molar-refractivity contribution in [2.45, 2.75) is 33.1 Å². The van der Waals surface area contributed by atoms with Gasteiger partial charge >= 0.3 is 0 Å². The van der Waals surface area contributed by atoms with E-state index in [1.165, 1.54) is 5.56 Å². The maximum absolute atomic E-state index is 11.6. The van der Waals surface area contributed by atoms with Gasteiger partial charge in [-0.3, -0.25) is 4.79 Å². The fourth-order valence-electron chi connectivity index (χ4n) is 1.58. The number of carbonyl (C=O) groups is 1. The van der Waals surface area contributed by atoms with Gasteiger partial charge in [-0.05, 0) is 30.2 Å². The maximum atomic E-state index is 11.6. The quantitative estimate of drug-likeness (QED) is 0.743. The van der Waals surface area contributed by atoms with E-state index in [1.54, 1.807) is 0 Å². The molecule has 0 saturated carbocycles. The summed E-state index contributed by atoms with van der Waals surface area (Å²) in [5, 5.41) is 6.05. The molecule has 1 amide bonds. The molecule has 17 heavy (non-hydrogen) atoms. The molecule has 0 unspecified atom stereocenters. The molecule has 94 valence electrons. The number of benzene rings is 1. The van der Waals surface area contributed by atoms with Crippen molar-refractivity contribution in [2.24, 2.45) is 0 Å². The highest BCUT2D eigenvalue weighted by Gasteiger charge is 2.04. The number of hydrogen-bond donors (Lipinski definition) is 2. The molecule has 0 aromatic heterocycles. The van der Waals surface area contributed by atoms with Gasteiger partial charge in [0, 0.05) is 18.7 Å². The molecule has 1 rings (SSSR count). The second-order valence-corrected chi connectivity index (χ2v) is 4.43. The van der Waals surface area contributed by atoms with Crippen molar-refractivity contribution in [2.75, 3.05) is 18.4 Å². The predicted octanol–water partition coefficient (Wildman–Crippen LogP) is 2.75. The number of nitrogens with one attached hydrogen (secondary N) is 2. The molecule has 0 aliphatic carbocycles. The van der Waals surface area contributed by atoms with Gasteiger partial charge in [-0.15, -0.1) is 0 Å². The zero-order valence-corrected chi connectivity index (χ0v) is 10.9. The molecule has 0 bridgehead atoms. The van der Waals surface area contributed by atoms with Crippen molar-refractivity contribution in [1.82, 2.24) is 5.32 Å². The Kier molecular flexibility index (Phi) is 5.70.